The summed E-state index contributed by atoms with van der Waals surface area (Å²) in [6.45, 7) is 1.65. The molecule has 0 aliphatic carbocycles. The highest BCUT2D eigenvalue weighted by molar-refractivity contribution is 5.92. The molecule has 122 valence electrons. The smallest absolute Gasteiger partial charge is 0.230 e. The average molecular weight is 328 g/mol. The van der Waals surface area contributed by atoms with Crippen molar-refractivity contribution in [3.8, 4) is 11.3 Å². The van der Waals surface area contributed by atoms with Crippen molar-refractivity contribution in [1.29, 1.82) is 0 Å². The molecule has 6 heteroatoms. The third kappa shape index (κ3) is 3.65. The molecular weight excluding hydrogens is 314 g/mol. The maximum absolute atomic E-state index is 13.5. The van der Waals surface area contributed by atoms with Gasteiger partial charge in [0.1, 0.15) is 11.6 Å². The van der Waals surface area contributed by atoms with Gasteiger partial charge in [-0.3, -0.25) is 4.79 Å². The molecule has 0 saturated heterocycles. The second kappa shape index (κ2) is 6.62. The Labute approximate surface area is 137 Å². The molecule has 1 amide bonds. The highest BCUT2D eigenvalue weighted by Gasteiger charge is 2.11. The fraction of sp³-hybridized carbons (Fsp3) is 0.111. The van der Waals surface area contributed by atoms with E-state index in [-0.39, 0.29) is 24.0 Å². The van der Waals surface area contributed by atoms with E-state index < -0.39 is 0 Å². The number of halogens is 2. The minimum absolute atomic E-state index is 0.0137. The molecule has 0 radical (unpaired) electrons. The Morgan fingerprint density at radius 1 is 1.12 bits per heavy atom. The predicted molar refractivity (Wildman–Crippen MR) is 85.4 cm³/mol. The molecule has 3 rings (SSSR count). The van der Waals surface area contributed by atoms with Crippen LogP contribution in [0.4, 0.5) is 14.5 Å². The van der Waals surface area contributed by atoms with Gasteiger partial charge in [-0.25, -0.2) is 8.78 Å². The first-order valence-corrected chi connectivity index (χ1v) is 7.29. The van der Waals surface area contributed by atoms with Crippen LogP contribution >= 0.6 is 0 Å². The predicted octanol–water partition coefficient (Wildman–Crippen LogP) is 4.11. The Morgan fingerprint density at radius 3 is 2.58 bits per heavy atom. The van der Waals surface area contributed by atoms with E-state index in [1.54, 1.807) is 37.3 Å². The Kier molecular flexibility index (Phi) is 4.37. The van der Waals surface area contributed by atoms with E-state index in [0.717, 1.165) is 0 Å². The van der Waals surface area contributed by atoms with Crippen LogP contribution in [0.3, 0.4) is 0 Å². The van der Waals surface area contributed by atoms with Crippen LogP contribution in [0.5, 0.6) is 0 Å². The van der Waals surface area contributed by atoms with Crippen LogP contribution in [0.15, 0.2) is 53.1 Å². The number of carbonyl (C=O) groups is 1. The molecular formula is C18H14F2N2O2. The van der Waals surface area contributed by atoms with Gasteiger partial charge in [0.15, 0.2) is 5.76 Å². The van der Waals surface area contributed by atoms with Crippen LogP contribution in [0.1, 0.15) is 11.3 Å². The molecule has 0 aliphatic heterocycles. The summed E-state index contributed by atoms with van der Waals surface area (Å²) >= 11 is 0. The number of carbonyl (C=O) groups excluding carboxylic acids is 1. The highest BCUT2D eigenvalue weighted by atomic mass is 19.1. The first-order valence-electron chi connectivity index (χ1n) is 7.29. The SMILES string of the molecule is Cc1ccc(NC(=O)Cc2cc(-c3ccc(F)cc3)on2)cc1F. The van der Waals surface area contributed by atoms with Crippen LogP contribution in [0, 0.1) is 18.6 Å². The monoisotopic (exact) mass is 328 g/mol. The van der Waals surface area contributed by atoms with E-state index in [0.29, 0.717) is 28.3 Å². The summed E-state index contributed by atoms with van der Waals surface area (Å²) < 4.78 is 31.5. The van der Waals surface area contributed by atoms with Crippen molar-refractivity contribution in [2.24, 2.45) is 0 Å². The molecule has 0 spiro atoms. The van der Waals surface area contributed by atoms with E-state index >= 15 is 0 Å². The number of aromatic nitrogens is 1. The lowest BCUT2D eigenvalue weighted by atomic mass is 10.1. The third-order valence-corrected chi connectivity index (χ3v) is 3.48. The minimum atomic E-state index is -0.382. The van der Waals surface area contributed by atoms with Gasteiger partial charge in [-0.05, 0) is 48.9 Å². The van der Waals surface area contributed by atoms with Crippen molar-refractivity contribution in [2.75, 3.05) is 5.32 Å². The minimum Gasteiger partial charge on any atom is -0.356 e. The quantitative estimate of drug-likeness (QED) is 0.784. The van der Waals surface area contributed by atoms with Gasteiger partial charge < -0.3 is 9.84 Å². The molecule has 0 aliphatic rings. The zero-order valence-electron chi connectivity index (χ0n) is 12.8. The van der Waals surface area contributed by atoms with Crippen LogP contribution in [-0.4, -0.2) is 11.1 Å². The van der Waals surface area contributed by atoms with Crippen molar-refractivity contribution in [1.82, 2.24) is 5.16 Å². The number of nitrogens with one attached hydrogen (secondary N) is 1. The molecule has 2 aromatic carbocycles. The van der Waals surface area contributed by atoms with E-state index in [1.165, 1.54) is 18.2 Å². The van der Waals surface area contributed by atoms with Gasteiger partial charge in [0.2, 0.25) is 5.91 Å². The number of anilines is 1. The summed E-state index contributed by atoms with van der Waals surface area (Å²) in [4.78, 5) is 12.0. The van der Waals surface area contributed by atoms with Crippen molar-refractivity contribution in [3.05, 3.63) is 71.4 Å². The molecule has 0 unspecified atom stereocenters. The second-order valence-electron chi connectivity index (χ2n) is 5.38. The fourth-order valence-electron chi connectivity index (χ4n) is 2.19. The fourth-order valence-corrected chi connectivity index (χ4v) is 2.19. The molecule has 4 nitrogen and oxygen atoms in total. The summed E-state index contributed by atoms with van der Waals surface area (Å²) in [5.41, 5.74) is 1.98. The normalized spacial score (nSPS) is 10.6. The number of hydrogen-bond acceptors (Lipinski definition) is 3. The van der Waals surface area contributed by atoms with Gasteiger partial charge in [-0.2, -0.15) is 0 Å². The van der Waals surface area contributed by atoms with E-state index in [9.17, 15) is 13.6 Å². The lowest BCUT2D eigenvalue weighted by Gasteiger charge is -2.05. The molecule has 3 aromatic rings. The molecule has 1 N–H and O–H groups in total. The number of hydrogen-bond donors (Lipinski definition) is 1. The first kappa shape index (κ1) is 15.9. The number of rotatable bonds is 4. The third-order valence-electron chi connectivity index (χ3n) is 3.48. The molecule has 24 heavy (non-hydrogen) atoms. The Balaban J connectivity index is 1.66. The van der Waals surface area contributed by atoms with E-state index in [2.05, 4.69) is 10.5 Å². The Hall–Kier alpha value is -3.02. The summed E-state index contributed by atoms with van der Waals surface area (Å²) in [5.74, 6) is -0.618. The van der Waals surface area contributed by atoms with Gasteiger partial charge in [0, 0.05) is 17.3 Å². The zero-order chi connectivity index (χ0) is 17.1. The van der Waals surface area contributed by atoms with Crippen LogP contribution in [-0.2, 0) is 11.2 Å². The second-order valence-corrected chi connectivity index (χ2v) is 5.38. The van der Waals surface area contributed by atoms with Gasteiger partial charge >= 0.3 is 0 Å². The van der Waals surface area contributed by atoms with Crippen molar-refractivity contribution in [3.63, 3.8) is 0 Å². The molecule has 0 atom stereocenters. The van der Waals surface area contributed by atoms with Crippen LogP contribution in [0.2, 0.25) is 0 Å². The van der Waals surface area contributed by atoms with Gasteiger partial charge in [0.05, 0.1) is 12.1 Å². The molecule has 0 saturated carbocycles. The lowest BCUT2D eigenvalue weighted by Crippen LogP contribution is -2.14. The van der Waals surface area contributed by atoms with Gasteiger partial charge in [0.25, 0.3) is 0 Å². The number of amides is 1. The number of nitrogens with zero attached hydrogens (tertiary/aromatic N) is 1. The molecule has 1 heterocycles. The van der Waals surface area contributed by atoms with E-state index in [1.807, 2.05) is 0 Å². The Morgan fingerprint density at radius 2 is 1.88 bits per heavy atom. The van der Waals surface area contributed by atoms with Crippen molar-refractivity contribution >= 4 is 11.6 Å². The molecule has 1 aromatic heterocycles. The molecule has 0 bridgehead atoms. The van der Waals surface area contributed by atoms with Crippen LogP contribution in [0.25, 0.3) is 11.3 Å². The van der Waals surface area contributed by atoms with Gasteiger partial charge in [-0.1, -0.05) is 11.2 Å². The summed E-state index contributed by atoms with van der Waals surface area (Å²) in [6.07, 6.45) is -0.0137. The van der Waals surface area contributed by atoms with Gasteiger partial charge in [-0.15, -0.1) is 0 Å². The summed E-state index contributed by atoms with van der Waals surface area (Å²) in [7, 11) is 0. The summed E-state index contributed by atoms with van der Waals surface area (Å²) in [5, 5.41) is 6.43. The first-order chi connectivity index (χ1) is 11.5. The highest BCUT2D eigenvalue weighted by Crippen LogP contribution is 2.21. The van der Waals surface area contributed by atoms with E-state index in [4.69, 9.17) is 4.52 Å². The maximum atomic E-state index is 13.5. The number of aryl methyl sites for hydroxylation is 1. The topological polar surface area (TPSA) is 55.1 Å². The zero-order valence-corrected chi connectivity index (χ0v) is 12.8. The maximum Gasteiger partial charge on any atom is 0.230 e. The largest absolute Gasteiger partial charge is 0.356 e. The standard InChI is InChI=1S/C18H14F2N2O2/c1-11-2-7-14(8-16(11)20)21-18(23)10-15-9-17(24-22-15)12-3-5-13(19)6-4-12/h2-9H,10H2,1H3,(H,21,23). The lowest BCUT2D eigenvalue weighted by molar-refractivity contribution is -0.115. The Bertz CT molecular complexity index is 873. The molecule has 0 fully saturated rings. The summed E-state index contributed by atoms with van der Waals surface area (Å²) in [6, 6.07) is 11.9. The number of benzene rings is 2. The van der Waals surface area contributed by atoms with Crippen molar-refractivity contribution < 1.29 is 18.1 Å². The van der Waals surface area contributed by atoms with Crippen LogP contribution < -0.4 is 5.32 Å². The average Bonchev–Trinajstić information content (AvgIpc) is 3.00. The van der Waals surface area contributed by atoms with Crippen molar-refractivity contribution in [2.45, 2.75) is 13.3 Å².